The lowest BCUT2D eigenvalue weighted by Gasteiger charge is -2.14. The van der Waals surface area contributed by atoms with Crippen LogP contribution in [-0.4, -0.2) is 25.2 Å². The highest BCUT2D eigenvalue weighted by molar-refractivity contribution is 5.81. The largest absolute Gasteiger partial charge is 0.463 e. The summed E-state index contributed by atoms with van der Waals surface area (Å²) < 4.78 is 4.80. The molecule has 1 N–H and O–H groups in total. The monoisotopic (exact) mass is 225 g/mol. The predicted molar refractivity (Wildman–Crippen MR) is 65.3 cm³/mol. The molecule has 0 amide bonds. The van der Waals surface area contributed by atoms with E-state index in [0.29, 0.717) is 12.6 Å². The van der Waals surface area contributed by atoms with Crippen molar-refractivity contribution in [2.24, 2.45) is 0 Å². The summed E-state index contributed by atoms with van der Waals surface area (Å²) in [5, 5.41) is 3.46. The first-order valence-corrected chi connectivity index (χ1v) is 6.39. The van der Waals surface area contributed by atoms with E-state index >= 15 is 0 Å². The number of esters is 1. The van der Waals surface area contributed by atoms with Gasteiger partial charge in [-0.25, -0.2) is 4.79 Å². The molecule has 0 saturated heterocycles. The summed E-state index contributed by atoms with van der Waals surface area (Å²) >= 11 is 0. The van der Waals surface area contributed by atoms with Crippen LogP contribution >= 0.6 is 0 Å². The molecule has 92 valence electrons. The van der Waals surface area contributed by atoms with E-state index in [2.05, 4.69) is 5.32 Å². The molecular weight excluding hydrogens is 202 g/mol. The average molecular weight is 225 g/mol. The first kappa shape index (κ1) is 13.2. The van der Waals surface area contributed by atoms with Crippen molar-refractivity contribution in [3.8, 4) is 0 Å². The van der Waals surface area contributed by atoms with Gasteiger partial charge in [0.15, 0.2) is 0 Å². The zero-order valence-corrected chi connectivity index (χ0v) is 10.2. The second-order valence-corrected chi connectivity index (χ2v) is 4.25. The van der Waals surface area contributed by atoms with Crippen LogP contribution in [0.15, 0.2) is 12.2 Å². The lowest BCUT2D eigenvalue weighted by Crippen LogP contribution is -2.28. The molecule has 0 spiro atoms. The standard InChI is InChI=1S/C13H23NO2/c1-2-16-13(15)10-7-11-14-12-8-5-3-4-6-9-12/h7,10,12,14H,2-6,8-9,11H2,1H3/b10-7+. The molecule has 0 aromatic carbocycles. The average Bonchev–Trinajstić information content (AvgIpc) is 2.53. The van der Waals surface area contributed by atoms with Crippen LogP contribution in [-0.2, 0) is 9.53 Å². The Hall–Kier alpha value is -0.830. The first-order valence-electron chi connectivity index (χ1n) is 6.39. The highest BCUT2D eigenvalue weighted by atomic mass is 16.5. The van der Waals surface area contributed by atoms with Crippen molar-refractivity contribution in [1.82, 2.24) is 5.32 Å². The highest BCUT2D eigenvalue weighted by Gasteiger charge is 2.09. The number of ether oxygens (including phenoxy) is 1. The Balaban J connectivity index is 2.11. The number of hydrogen-bond donors (Lipinski definition) is 1. The second kappa shape index (κ2) is 8.34. The third kappa shape index (κ3) is 5.91. The molecule has 3 nitrogen and oxygen atoms in total. The maximum absolute atomic E-state index is 11.0. The molecule has 1 rings (SSSR count). The van der Waals surface area contributed by atoms with Gasteiger partial charge in [0.25, 0.3) is 0 Å². The molecule has 1 aliphatic rings. The highest BCUT2D eigenvalue weighted by Crippen LogP contribution is 2.16. The minimum absolute atomic E-state index is 0.245. The smallest absolute Gasteiger partial charge is 0.330 e. The summed E-state index contributed by atoms with van der Waals surface area (Å²) in [5.41, 5.74) is 0. The SMILES string of the molecule is CCOC(=O)/C=C/CNC1CCCCCC1. The van der Waals surface area contributed by atoms with Crippen molar-refractivity contribution in [1.29, 1.82) is 0 Å². The molecule has 1 fully saturated rings. The number of nitrogens with one attached hydrogen (secondary N) is 1. The molecule has 0 aromatic rings. The van der Waals surface area contributed by atoms with Crippen LogP contribution in [0.1, 0.15) is 45.4 Å². The zero-order valence-electron chi connectivity index (χ0n) is 10.2. The third-order valence-electron chi connectivity index (χ3n) is 2.92. The van der Waals surface area contributed by atoms with E-state index in [4.69, 9.17) is 4.74 Å². The number of carbonyl (C=O) groups excluding carboxylic acids is 1. The molecule has 0 atom stereocenters. The minimum Gasteiger partial charge on any atom is -0.463 e. The van der Waals surface area contributed by atoms with Crippen LogP contribution in [0.2, 0.25) is 0 Å². The van der Waals surface area contributed by atoms with Crippen LogP contribution in [0.5, 0.6) is 0 Å². The van der Waals surface area contributed by atoms with Gasteiger partial charge in [0.05, 0.1) is 6.61 Å². The quantitative estimate of drug-likeness (QED) is 0.443. The molecule has 0 aliphatic heterocycles. The minimum atomic E-state index is -0.245. The number of rotatable bonds is 5. The van der Waals surface area contributed by atoms with Crippen molar-refractivity contribution >= 4 is 5.97 Å². The maximum Gasteiger partial charge on any atom is 0.330 e. The van der Waals surface area contributed by atoms with E-state index in [1.54, 1.807) is 0 Å². The first-order chi connectivity index (χ1) is 7.83. The van der Waals surface area contributed by atoms with Crippen LogP contribution in [0.3, 0.4) is 0 Å². The second-order valence-electron chi connectivity index (χ2n) is 4.25. The van der Waals surface area contributed by atoms with Crippen molar-refractivity contribution in [2.45, 2.75) is 51.5 Å². The lowest BCUT2D eigenvalue weighted by molar-refractivity contribution is -0.137. The van der Waals surface area contributed by atoms with Gasteiger partial charge in [0.1, 0.15) is 0 Å². The van der Waals surface area contributed by atoms with Crippen molar-refractivity contribution < 1.29 is 9.53 Å². The Morgan fingerprint density at radius 1 is 1.31 bits per heavy atom. The molecule has 0 aromatic heterocycles. The van der Waals surface area contributed by atoms with Crippen LogP contribution < -0.4 is 5.32 Å². The van der Waals surface area contributed by atoms with Gasteiger partial charge in [-0.05, 0) is 19.8 Å². The Morgan fingerprint density at radius 3 is 2.62 bits per heavy atom. The van der Waals surface area contributed by atoms with Gasteiger partial charge in [0, 0.05) is 18.7 Å². The van der Waals surface area contributed by atoms with Gasteiger partial charge < -0.3 is 10.1 Å². The normalized spacial score (nSPS) is 18.6. The molecule has 1 saturated carbocycles. The number of hydrogen-bond acceptors (Lipinski definition) is 3. The van der Waals surface area contributed by atoms with Gasteiger partial charge in [-0.2, -0.15) is 0 Å². The van der Waals surface area contributed by atoms with E-state index in [1.165, 1.54) is 44.6 Å². The molecule has 16 heavy (non-hydrogen) atoms. The van der Waals surface area contributed by atoms with Gasteiger partial charge in [0.2, 0.25) is 0 Å². The van der Waals surface area contributed by atoms with E-state index in [9.17, 15) is 4.79 Å². The summed E-state index contributed by atoms with van der Waals surface area (Å²) in [7, 11) is 0. The van der Waals surface area contributed by atoms with E-state index < -0.39 is 0 Å². The van der Waals surface area contributed by atoms with E-state index in [-0.39, 0.29) is 5.97 Å². The molecule has 0 radical (unpaired) electrons. The van der Waals surface area contributed by atoms with Gasteiger partial charge >= 0.3 is 5.97 Å². The summed E-state index contributed by atoms with van der Waals surface area (Å²) in [4.78, 5) is 11.0. The summed E-state index contributed by atoms with van der Waals surface area (Å²) in [6.45, 7) is 3.03. The predicted octanol–water partition coefficient (Wildman–Crippen LogP) is 2.42. The molecule has 3 heteroatoms. The zero-order chi connectivity index (χ0) is 11.6. The summed E-state index contributed by atoms with van der Waals surface area (Å²) in [5.74, 6) is -0.245. The topological polar surface area (TPSA) is 38.3 Å². The Bertz CT molecular complexity index is 218. The Kier molecular flexibility index (Phi) is 6.90. The molecule has 1 aliphatic carbocycles. The van der Waals surface area contributed by atoms with E-state index in [0.717, 1.165) is 6.54 Å². The third-order valence-corrected chi connectivity index (χ3v) is 2.92. The van der Waals surface area contributed by atoms with Gasteiger partial charge in [-0.1, -0.05) is 31.8 Å². The summed E-state index contributed by atoms with van der Waals surface area (Å²) in [6, 6.07) is 0.634. The number of carbonyl (C=O) groups is 1. The van der Waals surface area contributed by atoms with Crippen molar-refractivity contribution in [3.05, 3.63) is 12.2 Å². The van der Waals surface area contributed by atoms with E-state index in [1.807, 2.05) is 13.0 Å². The van der Waals surface area contributed by atoms with Crippen LogP contribution in [0.25, 0.3) is 0 Å². The van der Waals surface area contributed by atoms with Crippen LogP contribution in [0, 0.1) is 0 Å². The summed E-state index contributed by atoms with van der Waals surface area (Å²) in [6.07, 6.45) is 11.3. The fourth-order valence-corrected chi connectivity index (χ4v) is 2.06. The lowest BCUT2D eigenvalue weighted by atomic mass is 10.1. The van der Waals surface area contributed by atoms with Crippen molar-refractivity contribution in [2.75, 3.05) is 13.2 Å². The van der Waals surface area contributed by atoms with Crippen LogP contribution in [0.4, 0.5) is 0 Å². The Labute approximate surface area is 98.2 Å². The van der Waals surface area contributed by atoms with Crippen molar-refractivity contribution in [3.63, 3.8) is 0 Å². The fourth-order valence-electron chi connectivity index (χ4n) is 2.06. The maximum atomic E-state index is 11.0. The molecular formula is C13H23NO2. The fraction of sp³-hybridized carbons (Fsp3) is 0.769. The Morgan fingerprint density at radius 2 is 2.00 bits per heavy atom. The van der Waals surface area contributed by atoms with Gasteiger partial charge in [-0.15, -0.1) is 0 Å². The van der Waals surface area contributed by atoms with Gasteiger partial charge in [-0.3, -0.25) is 0 Å². The molecule has 0 unspecified atom stereocenters. The molecule has 0 bridgehead atoms. The molecule has 0 heterocycles.